The molecule has 0 spiro atoms. The molecule has 3 heterocycles. The van der Waals surface area contributed by atoms with Crippen molar-refractivity contribution in [3.05, 3.63) is 96.1 Å². The van der Waals surface area contributed by atoms with Crippen molar-refractivity contribution in [2.75, 3.05) is 6.54 Å². The molecule has 6 heteroatoms. The van der Waals surface area contributed by atoms with E-state index < -0.39 is 0 Å². The van der Waals surface area contributed by atoms with Gasteiger partial charge in [0.15, 0.2) is 0 Å². The molecule has 3 aromatic heterocycles. The first-order valence-electron chi connectivity index (χ1n) is 10.2. The predicted octanol–water partition coefficient (Wildman–Crippen LogP) is 5.82. The third-order valence-corrected chi connectivity index (χ3v) is 6.33. The number of pyridine rings is 1. The maximum Gasteiger partial charge on any atom is 0.148 e. The lowest BCUT2D eigenvalue weighted by Crippen LogP contribution is -2.16. The Bertz CT molecular complexity index is 1290. The van der Waals surface area contributed by atoms with Crippen LogP contribution in [0.4, 0.5) is 4.39 Å². The molecule has 31 heavy (non-hydrogen) atoms. The van der Waals surface area contributed by atoms with Crippen LogP contribution in [0.25, 0.3) is 32.2 Å². The van der Waals surface area contributed by atoms with E-state index in [4.69, 9.17) is 0 Å². The summed E-state index contributed by atoms with van der Waals surface area (Å²) in [4.78, 5) is 14.1. The molecule has 0 atom stereocenters. The molecule has 0 radical (unpaired) electrons. The highest BCUT2D eigenvalue weighted by Crippen LogP contribution is 2.34. The van der Waals surface area contributed by atoms with Gasteiger partial charge in [-0.05, 0) is 72.1 Å². The number of halogens is 1. The van der Waals surface area contributed by atoms with Crippen molar-refractivity contribution in [1.82, 2.24) is 20.3 Å². The molecule has 0 aliphatic heterocycles. The third kappa shape index (κ3) is 4.55. The topological polar surface area (TPSA) is 53.6 Å². The smallest absolute Gasteiger partial charge is 0.148 e. The molecule has 0 aliphatic rings. The van der Waals surface area contributed by atoms with Gasteiger partial charge < -0.3 is 10.3 Å². The van der Waals surface area contributed by atoms with Gasteiger partial charge in [-0.1, -0.05) is 24.3 Å². The summed E-state index contributed by atoms with van der Waals surface area (Å²) < 4.78 is 13.4. The number of nitrogens with zero attached hydrogens (tertiary/aromatic N) is 2. The maximum absolute atomic E-state index is 13.4. The molecule has 0 saturated heterocycles. The largest absolute Gasteiger partial charge is 0.337 e. The number of rotatable bonds is 7. The lowest BCUT2D eigenvalue weighted by molar-refractivity contribution is 0.629. The average Bonchev–Trinajstić information content (AvgIpc) is 3.45. The van der Waals surface area contributed by atoms with Gasteiger partial charge in [0.1, 0.15) is 11.6 Å². The Hall–Kier alpha value is -3.35. The zero-order valence-corrected chi connectivity index (χ0v) is 17.6. The number of imidazole rings is 1. The number of thiophene rings is 1. The average molecular weight is 429 g/mol. The van der Waals surface area contributed by atoms with Gasteiger partial charge in [0, 0.05) is 23.8 Å². The Morgan fingerprint density at radius 3 is 2.52 bits per heavy atom. The van der Waals surface area contributed by atoms with E-state index in [1.807, 2.05) is 12.4 Å². The molecule has 0 unspecified atom stereocenters. The first-order chi connectivity index (χ1) is 15.2. The molecule has 0 bridgehead atoms. The van der Waals surface area contributed by atoms with Crippen molar-refractivity contribution in [2.45, 2.75) is 13.0 Å². The standard InChI is InChI=1S/C25H21FN4S/c26-20-5-6-21-22(15-20)30-25(29-21)24-8-7-23(31-24)19-3-1-18(2-4-19)16-28-14-11-17-9-12-27-13-10-17/h1-10,12-13,15,28H,11,14,16H2,(H,29,30). The van der Waals surface area contributed by atoms with Crippen LogP contribution in [0.1, 0.15) is 11.1 Å². The lowest BCUT2D eigenvalue weighted by Gasteiger charge is -2.06. The SMILES string of the molecule is Fc1ccc2nc(-c3ccc(-c4ccc(CNCCc5ccncc5)cc4)s3)[nH]c2c1. The van der Waals surface area contributed by atoms with E-state index in [0.717, 1.165) is 35.7 Å². The molecule has 2 N–H and O–H groups in total. The predicted molar refractivity (Wildman–Crippen MR) is 124 cm³/mol. The van der Waals surface area contributed by atoms with E-state index in [-0.39, 0.29) is 5.82 Å². The van der Waals surface area contributed by atoms with Crippen LogP contribution in [0.3, 0.4) is 0 Å². The number of aromatic amines is 1. The van der Waals surface area contributed by atoms with E-state index in [1.165, 1.54) is 33.7 Å². The first-order valence-corrected chi connectivity index (χ1v) is 11.0. The molecule has 0 fully saturated rings. The fourth-order valence-corrected chi connectivity index (χ4v) is 4.48. The normalized spacial score (nSPS) is 11.3. The minimum atomic E-state index is -0.262. The molecule has 0 aliphatic carbocycles. The Balaban J connectivity index is 1.22. The summed E-state index contributed by atoms with van der Waals surface area (Å²) in [5.74, 6) is 0.508. The molecule has 0 saturated carbocycles. The summed E-state index contributed by atoms with van der Waals surface area (Å²) >= 11 is 1.68. The van der Waals surface area contributed by atoms with Crippen molar-refractivity contribution in [3.8, 4) is 21.1 Å². The van der Waals surface area contributed by atoms with Crippen molar-refractivity contribution in [1.29, 1.82) is 0 Å². The van der Waals surface area contributed by atoms with Crippen LogP contribution < -0.4 is 5.32 Å². The van der Waals surface area contributed by atoms with Crippen molar-refractivity contribution >= 4 is 22.4 Å². The molecular formula is C25H21FN4S. The Morgan fingerprint density at radius 1 is 0.871 bits per heavy atom. The van der Waals surface area contributed by atoms with Gasteiger partial charge in [-0.3, -0.25) is 4.98 Å². The summed E-state index contributed by atoms with van der Waals surface area (Å²) in [6.45, 7) is 1.78. The quantitative estimate of drug-likeness (QED) is 0.321. The van der Waals surface area contributed by atoms with E-state index in [0.29, 0.717) is 5.52 Å². The Labute approximate surface area is 183 Å². The van der Waals surface area contributed by atoms with E-state index in [9.17, 15) is 4.39 Å². The number of H-pyrrole nitrogens is 1. The summed E-state index contributed by atoms with van der Waals surface area (Å²) in [5.41, 5.74) is 5.22. The maximum atomic E-state index is 13.4. The summed E-state index contributed by atoms with van der Waals surface area (Å²) in [6, 6.07) is 21.5. The molecule has 2 aromatic carbocycles. The first kappa shape index (κ1) is 19.6. The zero-order chi connectivity index (χ0) is 21.0. The second kappa shape index (κ2) is 8.79. The fourth-order valence-electron chi connectivity index (χ4n) is 3.52. The van der Waals surface area contributed by atoms with Gasteiger partial charge in [-0.2, -0.15) is 0 Å². The van der Waals surface area contributed by atoms with Crippen molar-refractivity contribution in [2.24, 2.45) is 0 Å². The van der Waals surface area contributed by atoms with Gasteiger partial charge in [-0.15, -0.1) is 11.3 Å². The van der Waals surface area contributed by atoms with Crippen LogP contribution in [-0.4, -0.2) is 21.5 Å². The van der Waals surface area contributed by atoms with Crippen LogP contribution in [0.2, 0.25) is 0 Å². The number of aromatic nitrogens is 3. The minimum absolute atomic E-state index is 0.262. The number of fused-ring (bicyclic) bond motifs is 1. The Kier molecular flexibility index (Phi) is 5.56. The molecular weight excluding hydrogens is 407 g/mol. The van der Waals surface area contributed by atoms with Crippen LogP contribution in [-0.2, 0) is 13.0 Å². The highest BCUT2D eigenvalue weighted by molar-refractivity contribution is 7.18. The minimum Gasteiger partial charge on any atom is -0.337 e. The fraction of sp³-hybridized carbons (Fsp3) is 0.120. The van der Waals surface area contributed by atoms with Crippen LogP contribution in [0.5, 0.6) is 0 Å². The summed E-state index contributed by atoms with van der Waals surface area (Å²) in [6.07, 6.45) is 4.66. The highest BCUT2D eigenvalue weighted by Gasteiger charge is 2.10. The van der Waals surface area contributed by atoms with Crippen LogP contribution in [0.15, 0.2) is 79.1 Å². The van der Waals surface area contributed by atoms with E-state index in [1.54, 1.807) is 17.4 Å². The van der Waals surface area contributed by atoms with Gasteiger partial charge in [-0.25, -0.2) is 9.37 Å². The molecule has 0 amide bonds. The number of nitrogens with one attached hydrogen (secondary N) is 2. The van der Waals surface area contributed by atoms with Crippen molar-refractivity contribution in [3.63, 3.8) is 0 Å². The zero-order valence-electron chi connectivity index (χ0n) is 16.8. The number of hydrogen-bond acceptors (Lipinski definition) is 4. The second-order valence-corrected chi connectivity index (χ2v) is 8.47. The van der Waals surface area contributed by atoms with Crippen LogP contribution in [0, 0.1) is 5.82 Å². The molecule has 4 nitrogen and oxygen atoms in total. The van der Waals surface area contributed by atoms with Crippen molar-refractivity contribution < 1.29 is 4.39 Å². The summed E-state index contributed by atoms with van der Waals surface area (Å²) in [7, 11) is 0. The summed E-state index contributed by atoms with van der Waals surface area (Å²) in [5, 5.41) is 3.49. The van der Waals surface area contributed by atoms with Gasteiger partial charge >= 0.3 is 0 Å². The van der Waals surface area contributed by atoms with E-state index in [2.05, 4.69) is 68.8 Å². The van der Waals surface area contributed by atoms with Gasteiger partial charge in [0.25, 0.3) is 0 Å². The number of hydrogen-bond donors (Lipinski definition) is 2. The highest BCUT2D eigenvalue weighted by atomic mass is 32.1. The van der Waals surface area contributed by atoms with Gasteiger partial charge in [0.2, 0.25) is 0 Å². The lowest BCUT2D eigenvalue weighted by atomic mass is 10.1. The van der Waals surface area contributed by atoms with Gasteiger partial charge in [0.05, 0.1) is 15.9 Å². The van der Waals surface area contributed by atoms with Crippen LogP contribution >= 0.6 is 11.3 Å². The third-order valence-electron chi connectivity index (χ3n) is 5.19. The van der Waals surface area contributed by atoms with E-state index >= 15 is 0 Å². The Morgan fingerprint density at radius 2 is 1.68 bits per heavy atom. The second-order valence-electron chi connectivity index (χ2n) is 7.39. The number of benzene rings is 2. The molecule has 154 valence electrons. The molecule has 5 aromatic rings. The molecule has 5 rings (SSSR count). The monoisotopic (exact) mass is 428 g/mol.